The third kappa shape index (κ3) is 6.09. The zero-order valence-corrected chi connectivity index (χ0v) is 18.6. The highest BCUT2D eigenvalue weighted by Crippen LogP contribution is 2.30. The molecule has 31 heavy (non-hydrogen) atoms. The second-order valence-electron chi connectivity index (χ2n) is 7.32. The number of anilines is 1. The van der Waals surface area contributed by atoms with Gasteiger partial charge in [0.25, 0.3) is 5.91 Å². The Morgan fingerprint density at radius 1 is 1.00 bits per heavy atom. The second kappa shape index (κ2) is 10.5. The van der Waals surface area contributed by atoms with Crippen LogP contribution in [0.15, 0.2) is 77.3 Å². The molecule has 0 saturated carbocycles. The van der Waals surface area contributed by atoms with Crippen LogP contribution in [0.2, 0.25) is 0 Å². The summed E-state index contributed by atoms with van der Waals surface area (Å²) < 4.78 is 17.8. The second-order valence-corrected chi connectivity index (χ2v) is 8.17. The van der Waals surface area contributed by atoms with Gasteiger partial charge < -0.3 is 19.5 Å². The van der Waals surface area contributed by atoms with Crippen LogP contribution in [0.4, 0.5) is 5.69 Å². The Hall–Kier alpha value is -2.83. The minimum Gasteiger partial charge on any atom is -0.491 e. The zero-order chi connectivity index (χ0) is 21.5. The van der Waals surface area contributed by atoms with Crippen molar-refractivity contribution >= 4 is 27.5 Å². The lowest BCUT2D eigenvalue weighted by Crippen LogP contribution is -2.20. The number of hydrogen-bond acceptors (Lipinski definition) is 4. The van der Waals surface area contributed by atoms with Crippen LogP contribution in [0.5, 0.6) is 11.5 Å². The number of hydrogen-bond donors (Lipinski definition) is 1. The van der Waals surface area contributed by atoms with E-state index in [0.29, 0.717) is 18.0 Å². The normalized spacial score (nSPS) is 15.5. The fourth-order valence-corrected chi connectivity index (χ4v) is 3.86. The SMILES string of the molecule is O=C(COc1ccc(-c2ccccc2)cc1Br)Nc1ccc(OCC2CCCO2)cc1. The number of carbonyl (C=O) groups excluding carboxylic acids is 1. The highest BCUT2D eigenvalue weighted by molar-refractivity contribution is 9.10. The molecule has 160 valence electrons. The Morgan fingerprint density at radius 3 is 2.52 bits per heavy atom. The first-order valence-electron chi connectivity index (χ1n) is 10.3. The number of nitrogens with one attached hydrogen (secondary N) is 1. The largest absolute Gasteiger partial charge is 0.491 e. The zero-order valence-electron chi connectivity index (χ0n) is 17.1. The van der Waals surface area contributed by atoms with Crippen molar-refractivity contribution in [2.24, 2.45) is 0 Å². The van der Waals surface area contributed by atoms with E-state index in [9.17, 15) is 4.79 Å². The van der Waals surface area contributed by atoms with E-state index in [-0.39, 0.29) is 18.6 Å². The van der Waals surface area contributed by atoms with Gasteiger partial charge in [-0.25, -0.2) is 0 Å². The van der Waals surface area contributed by atoms with E-state index in [2.05, 4.69) is 33.4 Å². The Morgan fingerprint density at radius 2 is 1.81 bits per heavy atom. The van der Waals surface area contributed by atoms with Gasteiger partial charge >= 0.3 is 0 Å². The lowest BCUT2D eigenvalue weighted by Gasteiger charge is -2.12. The number of halogens is 1. The van der Waals surface area contributed by atoms with Gasteiger partial charge in [0.1, 0.15) is 18.1 Å². The van der Waals surface area contributed by atoms with Gasteiger partial charge in [0.2, 0.25) is 0 Å². The molecule has 0 radical (unpaired) electrons. The summed E-state index contributed by atoms with van der Waals surface area (Å²) in [6.45, 7) is 1.28. The van der Waals surface area contributed by atoms with E-state index in [1.807, 2.05) is 60.7 Å². The molecule has 6 heteroatoms. The Kier molecular flexibility index (Phi) is 7.22. The predicted molar refractivity (Wildman–Crippen MR) is 125 cm³/mol. The van der Waals surface area contributed by atoms with Crippen LogP contribution in [-0.4, -0.2) is 31.8 Å². The molecule has 4 rings (SSSR count). The van der Waals surface area contributed by atoms with Crippen LogP contribution in [0.3, 0.4) is 0 Å². The fourth-order valence-electron chi connectivity index (χ4n) is 3.37. The van der Waals surface area contributed by atoms with Crippen LogP contribution < -0.4 is 14.8 Å². The summed E-state index contributed by atoms with van der Waals surface area (Å²) in [6, 6.07) is 23.2. The molecule has 0 spiro atoms. The van der Waals surface area contributed by atoms with Gasteiger partial charge in [0.15, 0.2) is 6.61 Å². The van der Waals surface area contributed by atoms with Crippen LogP contribution in [0, 0.1) is 0 Å². The Labute approximate surface area is 190 Å². The lowest BCUT2D eigenvalue weighted by atomic mass is 10.1. The number of ether oxygens (including phenoxy) is 3. The molecule has 1 aliphatic rings. The van der Waals surface area contributed by atoms with E-state index in [0.717, 1.165) is 40.8 Å². The van der Waals surface area contributed by atoms with E-state index in [1.54, 1.807) is 0 Å². The number of rotatable bonds is 8. The molecule has 1 heterocycles. The summed E-state index contributed by atoms with van der Waals surface area (Å²) in [5.74, 6) is 1.15. The van der Waals surface area contributed by atoms with Gasteiger partial charge in [-0.3, -0.25) is 4.79 Å². The monoisotopic (exact) mass is 481 g/mol. The molecule has 0 aromatic heterocycles. The molecule has 3 aromatic rings. The molecule has 1 aliphatic heterocycles. The van der Waals surface area contributed by atoms with Gasteiger partial charge in [-0.2, -0.15) is 0 Å². The van der Waals surface area contributed by atoms with Crippen LogP contribution in [0.1, 0.15) is 12.8 Å². The van der Waals surface area contributed by atoms with Crippen molar-refractivity contribution in [1.29, 1.82) is 0 Å². The summed E-state index contributed by atoms with van der Waals surface area (Å²) in [7, 11) is 0. The number of amides is 1. The van der Waals surface area contributed by atoms with Crippen molar-refractivity contribution in [3.63, 3.8) is 0 Å². The van der Waals surface area contributed by atoms with Crippen molar-refractivity contribution in [2.75, 3.05) is 25.1 Å². The molecule has 1 N–H and O–H groups in total. The van der Waals surface area contributed by atoms with Gasteiger partial charge in [-0.1, -0.05) is 36.4 Å². The van der Waals surface area contributed by atoms with Gasteiger partial charge in [-0.05, 0) is 76.3 Å². The van der Waals surface area contributed by atoms with E-state index in [4.69, 9.17) is 14.2 Å². The maximum atomic E-state index is 12.3. The van der Waals surface area contributed by atoms with Crippen molar-refractivity contribution in [3.05, 3.63) is 77.3 Å². The van der Waals surface area contributed by atoms with Crippen molar-refractivity contribution in [3.8, 4) is 22.6 Å². The summed E-state index contributed by atoms with van der Waals surface area (Å²) in [5, 5.41) is 2.83. The average Bonchev–Trinajstić information content (AvgIpc) is 3.32. The van der Waals surface area contributed by atoms with Gasteiger partial charge in [0.05, 0.1) is 10.6 Å². The molecule has 1 amide bonds. The molecule has 3 aromatic carbocycles. The third-order valence-corrected chi connectivity index (χ3v) is 5.62. The molecule has 5 nitrogen and oxygen atoms in total. The fraction of sp³-hybridized carbons (Fsp3) is 0.240. The summed E-state index contributed by atoms with van der Waals surface area (Å²) in [5.41, 5.74) is 2.89. The average molecular weight is 482 g/mol. The lowest BCUT2D eigenvalue weighted by molar-refractivity contribution is -0.118. The summed E-state index contributed by atoms with van der Waals surface area (Å²) >= 11 is 3.53. The standard InChI is InChI=1S/C25H24BrNO4/c26-23-15-19(18-5-2-1-3-6-18)8-13-24(23)31-17-25(28)27-20-9-11-21(12-10-20)30-16-22-7-4-14-29-22/h1-3,5-6,8-13,15,22H,4,7,14,16-17H2,(H,27,28). The minimum atomic E-state index is -0.230. The Balaban J connectivity index is 1.26. The quantitative estimate of drug-likeness (QED) is 0.448. The molecular weight excluding hydrogens is 458 g/mol. The summed E-state index contributed by atoms with van der Waals surface area (Å²) in [6.07, 6.45) is 2.31. The highest BCUT2D eigenvalue weighted by atomic mass is 79.9. The van der Waals surface area contributed by atoms with E-state index in [1.165, 1.54) is 0 Å². The van der Waals surface area contributed by atoms with E-state index < -0.39 is 0 Å². The third-order valence-electron chi connectivity index (χ3n) is 5.00. The van der Waals surface area contributed by atoms with Crippen LogP contribution >= 0.6 is 15.9 Å². The van der Waals surface area contributed by atoms with Crippen molar-refractivity contribution < 1.29 is 19.0 Å². The topological polar surface area (TPSA) is 56.8 Å². The van der Waals surface area contributed by atoms with Gasteiger partial charge in [-0.15, -0.1) is 0 Å². The highest BCUT2D eigenvalue weighted by Gasteiger charge is 2.16. The number of carbonyl (C=O) groups is 1. The van der Waals surface area contributed by atoms with Crippen LogP contribution in [-0.2, 0) is 9.53 Å². The maximum absolute atomic E-state index is 12.3. The first-order chi connectivity index (χ1) is 15.2. The molecule has 1 saturated heterocycles. The summed E-state index contributed by atoms with van der Waals surface area (Å²) in [4.78, 5) is 12.3. The molecule has 0 bridgehead atoms. The molecule has 1 fully saturated rings. The Bertz CT molecular complexity index is 1000. The molecule has 0 aliphatic carbocycles. The first kappa shape index (κ1) is 21.4. The van der Waals surface area contributed by atoms with Crippen molar-refractivity contribution in [2.45, 2.75) is 18.9 Å². The van der Waals surface area contributed by atoms with E-state index >= 15 is 0 Å². The molecular formula is C25H24BrNO4. The van der Waals surface area contributed by atoms with Gasteiger partial charge in [0, 0.05) is 12.3 Å². The minimum absolute atomic E-state index is 0.0828. The molecule has 1 unspecified atom stereocenters. The number of benzene rings is 3. The van der Waals surface area contributed by atoms with Crippen LogP contribution in [0.25, 0.3) is 11.1 Å². The maximum Gasteiger partial charge on any atom is 0.262 e. The van der Waals surface area contributed by atoms with Crippen molar-refractivity contribution in [1.82, 2.24) is 0 Å². The predicted octanol–water partition coefficient (Wildman–Crippen LogP) is 5.69. The molecule has 1 atom stereocenters. The first-order valence-corrected chi connectivity index (χ1v) is 11.1. The smallest absolute Gasteiger partial charge is 0.262 e.